The van der Waals surface area contributed by atoms with E-state index in [1.54, 1.807) is 0 Å². The number of hydrogen-bond donors (Lipinski definition) is 1. The Morgan fingerprint density at radius 3 is 2.06 bits per heavy atom. The molecular formula is C10H7F3N2O2. The molecule has 0 radical (unpaired) electrons. The maximum atomic E-state index is 13.4. The van der Waals surface area contributed by atoms with E-state index in [-0.39, 0.29) is 18.8 Å². The molecule has 17 heavy (non-hydrogen) atoms. The Hall–Kier alpha value is -2.05. The molecule has 1 aliphatic heterocycles. The number of piperazine rings is 1. The zero-order valence-electron chi connectivity index (χ0n) is 8.47. The number of amides is 2. The highest BCUT2D eigenvalue weighted by Gasteiger charge is 2.25. The molecule has 1 aromatic rings. The average Bonchev–Trinajstić information content (AvgIpc) is 2.22. The van der Waals surface area contributed by atoms with Crippen LogP contribution in [0.5, 0.6) is 0 Å². The molecule has 0 unspecified atom stereocenters. The van der Waals surface area contributed by atoms with E-state index in [0.29, 0.717) is 12.1 Å². The van der Waals surface area contributed by atoms with Crippen LogP contribution in [0.25, 0.3) is 0 Å². The zero-order valence-corrected chi connectivity index (χ0v) is 8.47. The highest BCUT2D eigenvalue weighted by atomic mass is 19.2. The number of anilines is 1. The van der Waals surface area contributed by atoms with Crippen LogP contribution in [-0.2, 0) is 9.59 Å². The van der Waals surface area contributed by atoms with Crippen molar-refractivity contribution in [2.24, 2.45) is 0 Å². The molecule has 1 fully saturated rings. The molecule has 7 heteroatoms. The highest BCUT2D eigenvalue weighted by molar-refractivity contribution is 6.02. The topological polar surface area (TPSA) is 49.4 Å². The summed E-state index contributed by atoms with van der Waals surface area (Å²) in [4.78, 5) is 23.2. The summed E-state index contributed by atoms with van der Waals surface area (Å²) in [6.45, 7) is -0.568. The molecule has 2 amide bonds. The van der Waals surface area contributed by atoms with Crippen molar-refractivity contribution >= 4 is 17.5 Å². The van der Waals surface area contributed by atoms with Crippen LogP contribution < -0.4 is 10.2 Å². The Bertz CT molecular complexity index is 489. The Morgan fingerprint density at radius 1 is 0.941 bits per heavy atom. The molecule has 0 atom stereocenters. The third-order valence-electron chi connectivity index (χ3n) is 2.28. The van der Waals surface area contributed by atoms with Gasteiger partial charge in [-0.1, -0.05) is 0 Å². The van der Waals surface area contributed by atoms with E-state index in [1.807, 2.05) is 5.32 Å². The van der Waals surface area contributed by atoms with Gasteiger partial charge in [0.2, 0.25) is 11.8 Å². The largest absolute Gasteiger partial charge is 0.350 e. The first kappa shape index (κ1) is 11.4. The highest BCUT2D eigenvalue weighted by Crippen LogP contribution is 2.23. The lowest BCUT2D eigenvalue weighted by Crippen LogP contribution is -2.51. The van der Waals surface area contributed by atoms with Crippen molar-refractivity contribution in [3.8, 4) is 0 Å². The fraction of sp³-hybridized carbons (Fsp3) is 0.200. The molecular weight excluding hydrogens is 237 g/mol. The number of imide groups is 1. The standard InChI is InChI=1S/C10H7F3N2O2/c11-5-1-7(13)8(2-6(5)12)15-3-9(16)14-10(17)4-15/h1-2H,3-4H2,(H,14,16,17). The second-order valence-corrected chi connectivity index (χ2v) is 3.55. The minimum atomic E-state index is -1.32. The molecule has 0 bridgehead atoms. The maximum absolute atomic E-state index is 13.4. The van der Waals surface area contributed by atoms with E-state index in [0.717, 1.165) is 4.90 Å². The van der Waals surface area contributed by atoms with Crippen molar-refractivity contribution in [3.05, 3.63) is 29.6 Å². The molecule has 1 saturated heterocycles. The van der Waals surface area contributed by atoms with Crippen LogP contribution in [0.3, 0.4) is 0 Å². The van der Waals surface area contributed by atoms with Crippen molar-refractivity contribution < 1.29 is 22.8 Å². The number of nitrogens with one attached hydrogen (secondary N) is 1. The molecule has 90 valence electrons. The van der Waals surface area contributed by atoms with Crippen LogP contribution in [0.15, 0.2) is 12.1 Å². The molecule has 0 aliphatic carbocycles. The molecule has 4 nitrogen and oxygen atoms in total. The normalized spacial score (nSPS) is 16.1. The number of halogens is 3. The Morgan fingerprint density at radius 2 is 1.47 bits per heavy atom. The first-order valence-electron chi connectivity index (χ1n) is 4.69. The number of carbonyl (C=O) groups is 2. The van der Waals surface area contributed by atoms with Crippen molar-refractivity contribution in [1.82, 2.24) is 5.32 Å². The van der Waals surface area contributed by atoms with E-state index in [2.05, 4.69) is 0 Å². The van der Waals surface area contributed by atoms with Gasteiger partial charge in [0, 0.05) is 12.1 Å². The quantitative estimate of drug-likeness (QED) is 0.580. The monoisotopic (exact) mass is 244 g/mol. The van der Waals surface area contributed by atoms with E-state index in [9.17, 15) is 22.8 Å². The minimum Gasteiger partial charge on any atom is -0.350 e. The van der Waals surface area contributed by atoms with Gasteiger partial charge in [-0.2, -0.15) is 0 Å². The summed E-state index contributed by atoms with van der Waals surface area (Å²) in [5.41, 5.74) is -0.313. The second kappa shape index (κ2) is 4.08. The predicted molar refractivity (Wildman–Crippen MR) is 51.7 cm³/mol. The summed E-state index contributed by atoms with van der Waals surface area (Å²) in [5.74, 6) is -4.82. The zero-order chi connectivity index (χ0) is 12.6. The fourth-order valence-corrected chi connectivity index (χ4v) is 1.56. The SMILES string of the molecule is O=C1CN(c2cc(F)c(F)cc2F)CC(=O)N1. The molecule has 1 aromatic carbocycles. The summed E-state index contributed by atoms with van der Waals surface area (Å²) in [7, 11) is 0. The Kier molecular flexibility index (Phi) is 2.74. The van der Waals surface area contributed by atoms with Gasteiger partial charge in [0.25, 0.3) is 0 Å². The van der Waals surface area contributed by atoms with Crippen molar-refractivity contribution in [3.63, 3.8) is 0 Å². The lowest BCUT2D eigenvalue weighted by Gasteiger charge is -2.27. The summed E-state index contributed by atoms with van der Waals surface area (Å²) in [6.07, 6.45) is 0. The van der Waals surface area contributed by atoms with Crippen molar-refractivity contribution in [2.75, 3.05) is 18.0 Å². The van der Waals surface area contributed by atoms with Crippen LogP contribution >= 0.6 is 0 Å². The van der Waals surface area contributed by atoms with E-state index in [4.69, 9.17) is 0 Å². The summed E-state index contributed by atoms with van der Waals surface area (Å²) in [5, 5.41) is 2.01. The van der Waals surface area contributed by atoms with Gasteiger partial charge in [-0.25, -0.2) is 13.2 Å². The van der Waals surface area contributed by atoms with Gasteiger partial charge in [0.05, 0.1) is 18.8 Å². The van der Waals surface area contributed by atoms with Crippen LogP contribution in [-0.4, -0.2) is 24.9 Å². The van der Waals surface area contributed by atoms with E-state index in [1.165, 1.54) is 0 Å². The average molecular weight is 244 g/mol. The predicted octanol–water partition coefficient (Wildman–Crippen LogP) is 0.567. The van der Waals surface area contributed by atoms with Gasteiger partial charge in [-0.3, -0.25) is 14.9 Å². The number of hydrogen-bond acceptors (Lipinski definition) is 3. The van der Waals surface area contributed by atoms with Gasteiger partial charge < -0.3 is 4.90 Å². The Balaban J connectivity index is 2.36. The van der Waals surface area contributed by atoms with Crippen LogP contribution in [0, 0.1) is 17.5 Å². The third-order valence-corrected chi connectivity index (χ3v) is 2.28. The van der Waals surface area contributed by atoms with Crippen LogP contribution in [0.4, 0.5) is 18.9 Å². The smallest absolute Gasteiger partial charge is 0.246 e. The van der Waals surface area contributed by atoms with E-state index < -0.39 is 29.3 Å². The molecule has 1 heterocycles. The molecule has 1 N–H and O–H groups in total. The number of nitrogens with zero attached hydrogens (tertiary/aromatic N) is 1. The number of rotatable bonds is 1. The molecule has 0 spiro atoms. The third kappa shape index (κ3) is 2.22. The van der Waals surface area contributed by atoms with Gasteiger partial charge in [-0.05, 0) is 0 Å². The van der Waals surface area contributed by atoms with Crippen LogP contribution in [0.1, 0.15) is 0 Å². The van der Waals surface area contributed by atoms with Gasteiger partial charge >= 0.3 is 0 Å². The van der Waals surface area contributed by atoms with E-state index >= 15 is 0 Å². The van der Waals surface area contributed by atoms with Gasteiger partial charge in [0.1, 0.15) is 5.82 Å². The fourth-order valence-electron chi connectivity index (χ4n) is 1.56. The first-order chi connectivity index (χ1) is 7.97. The lowest BCUT2D eigenvalue weighted by molar-refractivity contribution is -0.130. The Labute approximate surface area is 94.0 Å². The molecule has 1 aliphatic rings. The van der Waals surface area contributed by atoms with Crippen molar-refractivity contribution in [1.29, 1.82) is 0 Å². The van der Waals surface area contributed by atoms with Crippen LogP contribution in [0.2, 0.25) is 0 Å². The molecule has 0 aromatic heterocycles. The first-order valence-corrected chi connectivity index (χ1v) is 4.69. The summed E-state index contributed by atoms with van der Waals surface area (Å²) >= 11 is 0. The lowest BCUT2D eigenvalue weighted by atomic mass is 10.2. The second-order valence-electron chi connectivity index (χ2n) is 3.55. The summed E-state index contributed by atoms with van der Waals surface area (Å²) in [6, 6.07) is 0.998. The number of carbonyl (C=O) groups excluding carboxylic acids is 2. The van der Waals surface area contributed by atoms with Gasteiger partial charge in [-0.15, -0.1) is 0 Å². The minimum absolute atomic E-state index is 0.284. The number of benzene rings is 1. The molecule has 0 saturated carbocycles. The molecule has 2 rings (SSSR count). The van der Waals surface area contributed by atoms with Gasteiger partial charge in [0.15, 0.2) is 11.6 Å². The maximum Gasteiger partial charge on any atom is 0.246 e. The van der Waals surface area contributed by atoms with Crippen molar-refractivity contribution in [2.45, 2.75) is 0 Å². The summed E-state index contributed by atoms with van der Waals surface area (Å²) < 4.78 is 39.0.